The Hall–Kier alpha value is -0.415. The Morgan fingerprint density at radius 2 is 2.09 bits per heavy atom. The second kappa shape index (κ2) is 6.47. The topological polar surface area (TPSA) is 67.2 Å². The zero-order chi connectivity index (χ0) is 16.7. The summed E-state index contributed by atoms with van der Waals surface area (Å²) in [6, 6.07) is 0. The van der Waals surface area contributed by atoms with E-state index in [9.17, 15) is 0 Å². The quantitative estimate of drug-likeness (QED) is 0.168. The first-order chi connectivity index (χ1) is 10.9. The molecule has 0 N–H and O–H groups in total. The first-order valence-corrected chi connectivity index (χ1v) is 9.31. The fourth-order valence-corrected chi connectivity index (χ4v) is 5.20. The van der Waals surface area contributed by atoms with Crippen molar-refractivity contribution in [1.82, 2.24) is 0 Å². The summed E-state index contributed by atoms with van der Waals surface area (Å²) >= 11 is 6.55. The number of azide groups is 1. The highest BCUT2D eigenvalue weighted by atomic mass is 35.5. The normalized spacial score (nSPS) is 38.4. The van der Waals surface area contributed by atoms with E-state index in [1.165, 1.54) is 6.42 Å². The van der Waals surface area contributed by atoms with E-state index in [1.807, 2.05) is 0 Å². The third-order valence-corrected chi connectivity index (χ3v) is 6.99. The zero-order valence-corrected chi connectivity index (χ0v) is 15.1. The van der Waals surface area contributed by atoms with Crippen LogP contribution in [-0.2, 0) is 9.31 Å². The second-order valence-corrected chi connectivity index (χ2v) is 8.72. The Kier molecular flexibility index (Phi) is 4.90. The lowest BCUT2D eigenvalue weighted by atomic mass is 9.43. The molecule has 1 saturated heterocycles. The van der Waals surface area contributed by atoms with Crippen molar-refractivity contribution in [3.05, 3.63) is 10.4 Å². The van der Waals surface area contributed by atoms with Crippen LogP contribution in [0.1, 0.15) is 59.3 Å². The number of halogens is 1. The molecule has 4 aliphatic rings. The van der Waals surface area contributed by atoms with E-state index in [1.54, 1.807) is 0 Å². The van der Waals surface area contributed by atoms with Crippen LogP contribution in [0.25, 0.3) is 10.4 Å². The van der Waals surface area contributed by atoms with Gasteiger partial charge in [-0.05, 0) is 55.4 Å². The lowest BCUT2D eigenvalue weighted by Crippen LogP contribution is -2.65. The number of nitrogens with zero attached hydrogens (tertiary/aromatic N) is 3. The van der Waals surface area contributed by atoms with Crippen LogP contribution in [0.2, 0.25) is 0 Å². The van der Waals surface area contributed by atoms with Crippen molar-refractivity contribution < 1.29 is 9.31 Å². The van der Waals surface area contributed by atoms with Crippen LogP contribution in [0.4, 0.5) is 0 Å². The van der Waals surface area contributed by atoms with Crippen molar-refractivity contribution in [2.24, 2.45) is 22.4 Å². The minimum absolute atomic E-state index is 0.0998. The van der Waals surface area contributed by atoms with Gasteiger partial charge >= 0.3 is 7.12 Å². The highest BCUT2D eigenvalue weighted by molar-refractivity contribution is 6.59. The SMILES string of the molecule is CC1(C)[C@@H]2C[C@H]3OB([C@H](Cl)CCCCCN=[N+]=[N-])O[C@@]3(C)[C@H]1C2. The van der Waals surface area contributed by atoms with Gasteiger partial charge in [0.05, 0.1) is 17.0 Å². The van der Waals surface area contributed by atoms with E-state index in [-0.39, 0.29) is 24.1 Å². The standard InChI is InChI=1S/C16H27BClN3O2/c1-15(2)11-9-12(15)16(3)13(10-11)22-17(23-16)14(18)7-5-4-6-8-20-21-19/h11-14H,4-10H2,1-3H3/t11-,12-,13+,14+,16-/m0/s1. The van der Waals surface area contributed by atoms with Crippen LogP contribution in [-0.4, -0.2) is 30.6 Å². The van der Waals surface area contributed by atoms with Crippen molar-refractivity contribution in [3.63, 3.8) is 0 Å². The van der Waals surface area contributed by atoms with E-state index in [0.717, 1.165) is 38.0 Å². The maximum absolute atomic E-state index is 8.25. The molecule has 0 spiro atoms. The molecule has 5 nitrogen and oxygen atoms in total. The van der Waals surface area contributed by atoms with Crippen molar-refractivity contribution in [2.45, 2.75) is 76.3 Å². The third kappa shape index (κ3) is 2.99. The predicted octanol–water partition coefficient (Wildman–Crippen LogP) is 4.73. The smallest absolute Gasteiger partial charge is 0.404 e. The Morgan fingerprint density at radius 3 is 2.78 bits per heavy atom. The Balaban J connectivity index is 1.48. The Morgan fingerprint density at radius 1 is 1.30 bits per heavy atom. The van der Waals surface area contributed by atoms with Crippen LogP contribution in [0, 0.1) is 17.3 Å². The minimum atomic E-state index is -0.279. The van der Waals surface area contributed by atoms with E-state index in [4.69, 9.17) is 26.4 Å². The molecule has 0 aromatic carbocycles. The molecule has 1 heterocycles. The molecule has 4 rings (SSSR count). The molecule has 0 aromatic heterocycles. The fraction of sp³-hybridized carbons (Fsp3) is 1.00. The maximum Gasteiger partial charge on any atom is 0.476 e. The van der Waals surface area contributed by atoms with E-state index >= 15 is 0 Å². The van der Waals surface area contributed by atoms with Gasteiger partial charge in [0, 0.05) is 11.5 Å². The molecule has 5 atom stereocenters. The summed E-state index contributed by atoms with van der Waals surface area (Å²) in [5, 5.41) is 3.45. The summed E-state index contributed by atoms with van der Waals surface area (Å²) in [6.07, 6.45) is 6.40. The third-order valence-electron chi connectivity index (χ3n) is 6.57. The molecule has 0 unspecified atom stereocenters. The van der Waals surface area contributed by atoms with Gasteiger partial charge in [-0.2, -0.15) is 0 Å². The Labute approximate surface area is 144 Å². The van der Waals surface area contributed by atoms with Gasteiger partial charge in [-0.15, -0.1) is 11.6 Å². The number of rotatable bonds is 7. The highest BCUT2D eigenvalue weighted by Crippen LogP contribution is 2.65. The molecule has 1 aliphatic heterocycles. The highest BCUT2D eigenvalue weighted by Gasteiger charge is 2.68. The van der Waals surface area contributed by atoms with Gasteiger partial charge < -0.3 is 9.31 Å². The summed E-state index contributed by atoms with van der Waals surface area (Å²) in [6.45, 7) is 7.53. The van der Waals surface area contributed by atoms with Gasteiger partial charge in [0.2, 0.25) is 0 Å². The van der Waals surface area contributed by atoms with Crippen molar-refractivity contribution >= 4 is 18.7 Å². The van der Waals surface area contributed by atoms with E-state index < -0.39 is 0 Å². The van der Waals surface area contributed by atoms with Crippen molar-refractivity contribution in [1.29, 1.82) is 0 Å². The van der Waals surface area contributed by atoms with Crippen LogP contribution in [0.15, 0.2) is 5.11 Å². The molecule has 4 fully saturated rings. The second-order valence-electron chi connectivity index (χ2n) is 8.16. The molecule has 0 aromatic rings. The van der Waals surface area contributed by atoms with Crippen LogP contribution >= 0.6 is 11.6 Å². The summed E-state index contributed by atoms with van der Waals surface area (Å²) < 4.78 is 12.6. The monoisotopic (exact) mass is 339 g/mol. The Bertz CT molecular complexity index is 500. The van der Waals surface area contributed by atoms with Crippen LogP contribution < -0.4 is 0 Å². The molecule has 3 saturated carbocycles. The average molecular weight is 340 g/mol. The molecule has 3 aliphatic carbocycles. The minimum Gasteiger partial charge on any atom is -0.404 e. The van der Waals surface area contributed by atoms with Gasteiger partial charge in [0.15, 0.2) is 0 Å². The number of hydrogen-bond donors (Lipinski definition) is 0. The van der Waals surface area contributed by atoms with Gasteiger partial charge in [-0.3, -0.25) is 0 Å². The van der Waals surface area contributed by atoms with Crippen LogP contribution in [0.3, 0.4) is 0 Å². The van der Waals surface area contributed by atoms with Gasteiger partial charge in [0.1, 0.15) is 0 Å². The molecular weight excluding hydrogens is 312 g/mol. The summed E-state index contributed by atoms with van der Waals surface area (Å²) in [5.41, 5.74) is 8.44. The summed E-state index contributed by atoms with van der Waals surface area (Å²) in [5.74, 6) is 1.35. The number of alkyl halides is 1. The molecule has 7 heteroatoms. The van der Waals surface area contributed by atoms with Gasteiger partial charge in [0.25, 0.3) is 0 Å². The van der Waals surface area contributed by atoms with Gasteiger partial charge in [-0.25, -0.2) is 0 Å². The summed E-state index contributed by atoms with van der Waals surface area (Å²) in [4.78, 5) is 2.76. The first kappa shape index (κ1) is 17.4. The van der Waals surface area contributed by atoms with Crippen molar-refractivity contribution in [3.8, 4) is 0 Å². The zero-order valence-electron chi connectivity index (χ0n) is 14.4. The predicted molar refractivity (Wildman–Crippen MR) is 92.2 cm³/mol. The average Bonchev–Trinajstić information content (AvgIpc) is 2.87. The lowest BCUT2D eigenvalue weighted by molar-refractivity contribution is -0.199. The van der Waals surface area contributed by atoms with E-state index in [0.29, 0.717) is 17.9 Å². The molecule has 128 valence electrons. The number of hydrogen-bond acceptors (Lipinski definition) is 3. The molecular formula is C16H27BClN3O2. The molecule has 0 amide bonds. The van der Waals surface area contributed by atoms with Crippen LogP contribution in [0.5, 0.6) is 0 Å². The molecule has 2 bridgehead atoms. The molecule has 0 radical (unpaired) electrons. The van der Waals surface area contributed by atoms with Crippen molar-refractivity contribution in [2.75, 3.05) is 6.54 Å². The maximum atomic E-state index is 8.25. The lowest BCUT2D eigenvalue weighted by Gasteiger charge is -2.64. The van der Waals surface area contributed by atoms with Gasteiger partial charge in [-0.1, -0.05) is 31.8 Å². The first-order valence-electron chi connectivity index (χ1n) is 8.87. The molecule has 23 heavy (non-hydrogen) atoms. The largest absolute Gasteiger partial charge is 0.476 e. The fourth-order valence-electron chi connectivity index (χ4n) is 4.93. The summed E-state index contributed by atoms with van der Waals surface area (Å²) in [7, 11) is -0.279. The van der Waals surface area contributed by atoms with E-state index in [2.05, 4.69) is 30.8 Å². The number of unbranched alkanes of at least 4 members (excludes halogenated alkanes) is 2.